The number of aryl methyl sites for hydroxylation is 1. The number of hydrogen-bond acceptors (Lipinski definition) is 3. The van der Waals surface area contributed by atoms with Gasteiger partial charge in [-0.2, -0.15) is 5.26 Å². The minimum absolute atomic E-state index is 0.422. The summed E-state index contributed by atoms with van der Waals surface area (Å²) in [7, 11) is 0. The third-order valence-electron chi connectivity index (χ3n) is 6.08. The van der Waals surface area contributed by atoms with Gasteiger partial charge in [-0.3, -0.25) is 0 Å². The van der Waals surface area contributed by atoms with Crippen LogP contribution in [0.2, 0.25) is 0 Å². The van der Waals surface area contributed by atoms with Crippen molar-refractivity contribution >= 4 is 5.97 Å². The van der Waals surface area contributed by atoms with Gasteiger partial charge in [0.15, 0.2) is 5.41 Å². The highest BCUT2D eigenvalue weighted by molar-refractivity contribution is 5.81. The minimum atomic E-state index is -1.11. The molecule has 2 rings (SSSR count). The molecule has 0 radical (unpaired) electrons. The van der Waals surface area contributed by atoms with Crippen molar-refractivity contribution in [3.63, 3.8) is 0 Å². The maximum atomic E-state index is 12.2. The summed E-state index contributed by atoms with van der Waals surface area (Å²) < 4.78 is 5.40. The van der Waals surface area contributed by atoms with Gasteiger partial charge in [-0.15, -0.1) is 0 Å². The van der Waals surface area contributed by atoms with Crippen molar-refractivity contribution in [2.75, 3.05) is 0 Å². The third-order valence-corrected chi connectivity index (χ3v) is 6.08. The van der Waals surface area contributed by atoms with Crippen LogP contribution in [-0.4, -0.2) is 5.97 Å². The molecule has 0 aliphatic heterocycles. The van der Waals surface area contributed by atoms with E-state index in [0.717, 1.165) is 17.5 Å². The maximum absolute atomic E-state index is 12.2. The molecule has 0 N–H and O–H groups in total. The zero-order valence-corrected chi connectivity index (χ0v) is 19.5. The van der Waals surface area contributed by atoms with E-state index >= 15 is 0 Å². The molecule has 0 spiro atoms. The van der Waals surface area contributed by atoms with E-state index in [2.05, 4.69) is 31.2 Å². The molecule has 0 aliphatic rings. The number of esters is 1. The summed E-state index contributed by atoms with van der Waals surface area (Å²) >= 11 is 0. The first kappa shape index (κ1) is 24.7. The quantitative estimate of drug-likeness (QED) is 0.188. The molecule has 166 valence electrons. The van der Waals surface area contributed by atoms with Gasteiger partial charge >= 0.3 is 5.97 Å². The zero-order valence-electron chi connectivity index (χ0n) is 19.5. The van der Waals surface area contributed by atoms with E-state index in [-0.39, 0.29) is 0 Å². The SMILES string of the molecule is CCCCCCCCCCc1ccc(-c2ccc(OC(=O)C(C)(C#N)CC)cc2)cc1. The number of ether oxygens (including phenoxy) is 1. The number of nitriles is 1. The summed E-state index contributed by atoms with van der Waals surface area (Å²) in [5.74, 6) is -0.0365. The minimum Gasteiger partial charge on any atom is -0.425 e. The molecule has 0 heterocycles. The molecule has 0 bridgehead atoms. The second-order valence-electron chi connectivity index (χ2n) is 8.63. The summed E-state index contributed by atoms with van der Waals surface area (Å²) in [4.78, 5) is 12.2. The van der Waals surface area contributed by atoms with E-state index in [9.17, 15) is 10.1 Å². The molecule has 0 amide bonds. The molecule has 3 nitrogen and oxygen atoms in total. The van der Waals surface area contributed by atoms with Gasteiger partial charge in [-0.25, -0.2) is 4.79 Å². The van der Waals surface area contributed by atoms with Gasteiger partial charge in [0.1, 0.15) is 5.75 Å². The fraction of sp³-hybridized carbons (Fsp3) is 0.500. The van der Waals surface area contributed by atoms with Crippen LogP contribution in [0.3, 0.4) is 0 Å². The van der Waals surface area contributed by atoms with Crippen molar-refractivity contribution in [3.05, 3.63) is 54.1 Å². The van der Waals surface area contributed by atoms with Crippen molar-refractivity contribution in [3.8, 4) is 22.9 Å². The van der Waals surface area contributed by atoms with Crippen molar-refractivity contribution in [2.45, 2.75) is 85.0 Å². The lowest BCUT2D eigenvalue weighted by Crippen LogP contribution is -2.29. The molecule has 0 aliphatic carbocycles. The Hall–Kier alpha value is -2.60. The van der Waals surface area contributed by atoms with Gasteiger partial charge in [0.05, 0.1) is 6.07 Å². The molecule has 2 aromatic carbocycles. The van der Waals surface area contributed by atoms with Crippen molar-refractivity contribution in [2.24, 2.45) is 5.41 Å². The predicted octanol–water partition coefficient (Wildman–Crippen LogP) is 7.88. The number of unbranched alkanes of at least 4 members (excludes halogenated alkanes) is 7. The zero-order chi connectivity index (χ0) is 22.5. The molecule has 0 saturated carbocycles. The Bertz CT molecular complexity index is 833. The molecule has 0 aromatic heterocycles. The maximum Gasteiger partial charge on any atom is 0.331 e. The van der Waals surface area contributed by atoms with Gasteiger partial charge in [-0.1, -0.05) is 95.2 Å². The molecule has 2 aromatic rings. The van der Waals surface area contributed by atoms with Crippen LogP contribution in [0.5, 0.6) is 5.75 Å². The van der Waals surface area contributed by atoms with Crippen molar-refractivity contribution in [1.29, 1.82) is 5.26 Å². The highest BCUT2D eigenvalue weighted by atomic mass is 16.5. The summed E-state index contributed by atoms with van der Waals surface area (Å²) in [6.07, 6.45) is 12.3. The van der Waals surface area contributed by atoms with E-state index < -0.39 is 11.4 Å². The lowest BCUT2D eigenvalue weighted by molar-refractivity contribution is -0.141. The van der Waals surface area contributed by atoms with Gasteiger partial charge in [0.2, 0.25) is 0 Å². The van der Waals surface area contributed by atoms with Gasteiger partial charge in [0.25, 0.3) is 0 Å². The Morgan fingerprint density at radius 2 is 1.35 bits per heavy atom. The lowest BCUT2D eigenvalue weighted by atomic mass is 9.90. The van der Waals surface area contributed by atoms with Crippen LogP contribution in [-0.2, 0) is 11.2 Å². The number of rotatable bonds is 13. The summed E-state index contributed by atoms with van der Waals surface area (Å²) in [6, 6.07) is 18.3. The lowest BCUT2D eigenvalue weighted by Gasteiger charge is -2.17. The van der Waals surface area contributed by atoms with Crippen LogP contribution >= 0.6 is 0 Å². The highest BCUT2D eigenvalue weighted by Gasteiger charge is 2.33. The number of carbonyl (C=O) groups is 1. The van der Waals surface area contributed by atoms with E-state index in [4.69, 9.17) is 4.74 Å². The van der Waals surface area contributed by atoms with Crippen molar-refractivity contribution < 1.29 is 9.53 Å². The van der Waals surface area contributed by atoms with Crippen LogP contribution < -0.4 is 4.74 Å². The van der Waals surface area contributed by atoms with E-state index in [1.54, 1.807) is 19.1 Å². The van der Waals surface area contributed by atoms with E-state index in [0.29, 0.717) is 12.2 Å². The van der Waals surface area contributed by atoms with E-state index in [1.807, 2.05) is 25.1 Å². The van der Waals surface area contributed by atoms with Gasteiger partial charge in [-0.05, 0) is 55.0 Å². The molecule has 1 unspecified atom stereocenters. The second-order valence-corrected chi connectivity index (χ2v) is 8.63. The van der Waals surface area contributed by atoms with Crippen LogP contribution in [0.1, 0.15) is 84.1 Å². The number of carbonyl (C=O) groups excluding carboxylic acids is 1. The topological polar surface area (TPSA) is 50.1 Å². The van der Waals surface area contributed by atoms with Crippen LogP contribution in [0.15, 0.2) is 48.5 Å². The Kier molecular flexibility index (Phi) is 10.3. The first-order valence-electron chi connectivity index (χ1n) is 11.9. The first-order valence-corrected chi connectivity index (χ1v) is 11.9. The first-order chi connectivity index (χ1) is 15.0. The Morgan fingerprint density at radius 1 is 0.839 bits per heavy atom. The molecule has 31 heavy (non-hydrogen) atoms. The smallest absolute Gasteiger partial charge is 0.331 e. The summed E-state index contributed by atoms with van der Waals surface area (Å²) in [5.41, 5.74) is 2.50. The molecule has 1 atom stereocenters. The average Bonchev–Trinajstić information content (AvgIpc) is 2.81. The highest BCUT2D eigenvalue weighted by Crippen LogP contribution is 2.26. The normalized spacial score (nSPS) is 12.7. The number of nitrogens with zero attached hydrogens (tertiary/aromatic N) is 1. The second kappa shape index (κ2) is 13.0. The van der Waals surface area contributed by atoms with Crippen molar-refractivity contribution in [1.82, 2.24) is 0 Å². The number of benzene rings is 2. The molecular weight excluding hydrogens is 382 g/mol. The van der Waals surface area contributed by atoms with Gasteiger partial charge < -0.3 is 4.74 Å². The Balaban J connectivity index is 1.81. The summed E-state index contributed by atoms with van der Waals surface area (Å²) in [6.45, 7) is 5.68. The standard InChI is InChI=1S/C28H37NO2/c1-4-6-7-8-9-10-11-12-13-23-14-16-24(17-15-23)25-18-20-26(21-19-25)31-27(30)28(3,5-2)22-29/h14-21H,4-13H2,1-3H3. The predicted molar refractivity (Wildman–Crippen MR) is 128 cm³/mol. The number of hydrogen-bond donors (Lipinski definition) is 0. The largest absolute Gasteiger partial charge is 0.425 e. The van der Waals surface area contributed by atoms with Gasteiger partial charge in [0, 0.05) is 0 Å². The third kappa shape index (κ3) is 7.87. The molecule has 0 fully saturated rings. The molecule has 3 heteroatoms. The van der Waals surface area contributed by atoms with Crippen LogP contribution in [0.4, 0.5) is 0 Å². The molecule has 0 saturated heterocycles. The van der Waals surface area contributed by atoms with Crippen LogP contribution in [0.25, 0.3) is 11.1 Å². The Morgan fingerprint density at radius 3 is 1.87 bits per heavy atom. The average molecular weight is 420 g/mol. The Labute approximate surface area is 188 Å². The van der Waals surface area contributed by atoms with Crippen LogP contribution in [0, 0.1) is 16.7 Å². The fourth-order valence-corrected chi connectivity index (χ4v) is 3.53. The summed E-state index contributed by atoms with van der Waals surface area (Å²) in [5, 5.41) is 9.22. The monoisotopic (exact) mass is 419 g/mol. The molecular formula is C28H37NO2. The fourth-order valence-electron chi connectivity index (χ4n) is 3.53. The van der Waals surface area contributed by atoms with E-state index in [1.165, 1.54) is 56.9 Å².